The van der Waals surface area contributed by atoms with Crippen LogP contribution in [-0.4, -0.2) is 20.4 Å². The van der Waals surface area contributed by atoms with Crippen LogP contribution in [-0.2, 0) is 5.41 Å². The molecule has 0 N–H and O–H groups in total. The summed E-state index contributed by atoms with van der Waals surface area (Å²) in [6.45, 7) is 5.09. The van der Waals surface area contributed by atoms with E-state index in [2.05, 4.69) is 32.9 Å². The van der Waals surface area contributed by atoms with Gasteiger partial charge in [0.1, 0.15) is 0 Å². The molecule has 21 rings (SSSR count). The zero-order valence-electron chi connectivity index (χ0n) is 82.7. The quantitative estimate of drug-likeness (QED) is 0.142. The summed E-state index contributed by atoms with van der Waals surface area (Å²) in [6, 6.07) is 27.9. The maximum atomic E-state index is 10.2. The van der Waals surface area contributed by atoms with Gasteiger partial charge < -0.3 is 27.9 Å². The molecule has 0 radical (unpaired) electrons. The summed E-state index contributed by atoms with van der Waals surface area (Å²) in [5.74, 6) is 0. The van der Waals surface area contributed by atoms with E-state index >= 15 is 0 Å². The number of para-hydroxylation sites is 8. The number of furan rings is 1. The van der Waals surface area contributed by atoms with E-state index in [9.17, 15) is 30.2 Å². The van der Waals surface area contributed by atoms with Crippen LogP contribution in [0, 0.1) is 0 Å². The minimum Gasteiger partial charge on any atom is -0.452 e. The van der Waals surface area contributed by atoms with Gasteiger partial charge in [-0.15, -0.1) is 0 Å². The average Bonchev–Trinajstić information content (AvgIpc) is 0.879. The normalized spacial score (nSPS) is 16.9. The van der Waals surface area contributed by atoms with Gasteiger partial charge in [-0.05, 0) is 140 Å². The van der Waals surface area contributed by atoms with Crippen LogP contribution >= 0.6 is 0 Å². The van der Waals surface area contributed by atoms with Gasteiger partial charge in [-0.1, -0.05) is 263 Å². The maximum absolute atomic E-state index is 10.2. The molecule has 2 aliphatic rings. The number of benzene rings is 15. The number of hydrogen-bond acceptors (Lipinski definition) is 3. The Balaban J connectivity index is 1.00. The standard InChI is InChI=1S/C94H64BN5O/c1-94(2,3)63-54-74(60-29-9-5-10-30-60)91(75(55-63)61-31-11-6-12-32-61)100-86-53-62(59-27-7-4-8-28-59)49-51-76(86)95-77-52-50-64(96-78-41-19-13-33-66(78)67-34-14-20-42-79(67)96)56-87(77)99(88-57-65(58-89(100)90(88)95)97-80-43-21-15-35-68(80)69-36-16-22-44-81(69)97)85-48-26-40-73-72-39-25-47-84(92(72)101-93(73)85)98-82-45-23-17-37-70(82)71-38-18-24-46-83(71)98/h4-58H,1-3H3/i4D,7D,8D,13D,14D,15D,16D,17D,18D,19D,20D,21D,22D,23D,24D,27D,28D,33D,34D,35D,36D,37D,38D,41D,42D,43D,44D,45D,46D. The SMILES string of the molecule is [2H]c1c([2H])c([2H])c(-c2ccc3c(c2)N(c2c(-c4ccccc4)cc(C(C)(C)C)cc2-c2ccccc2)c2cc(-n4c5c([2H])c([2H])c([2H])c([2H])c5c5c([2H])c([2H])c([2H])c([2H])c54)cc4c2B3c2ccc(-n3c5c([2H])c([2H])c([2H])c([2H])c5c5c([2H])c([2H])c([2H])c([2H])c53)cc2N4c2cccc3c2oc2c(-n4c5c([2H])c([2H])c([2H])c([2H])c5c5c([2H])c([2H])c([2H])c([2H])c54)cccc23)c([2H])c1[2H]. The minimum absolute atomic E-state index is 0.000851. The molecular formula is C94H64BN5O. The van der Waals surface area contributed by atoms with Crippen molar-refractivity contribution in [2.24, 2.45) is 0 Å². The molecule has 0 saturated carbocycles. The van der Waals surface area contributed by atoms with E-state index in [1.807, 2.05) is 65.6 Å². The van der Waals surface area contributed by atoms with Gasteiger partial charge in [0.25, 0.3) is 6.71 Å². The summed E-state index contributed by atoms with van der Waals surface area (Å²) in [7, 11) is 0. The zero-order chi connectivity index (χ0) is 92.0. The van der Waals surface area contributed by atoms with E-state index in [4.69, 9.17) is 14.0 Å². The van der Waals surface area contributed by atoms with E-state index in [0.717, 1.165) is 5.56 Å². The fraction of sp³-hybridized carbons (Fsp3) is 0.0426. The van der Waals surface area contributed by atoms with Crippen LogP contribution in [0.15, 0.2) is 337 Å². The third-order valence-corrected chi connectivity index (χ3v) is 19.8. The van der Waals surface area contributed by atoms with Gasteiger partial charge >= 0.3 is 0 Å². The molecule has 474 valence electrons. The maximum Gasteiger partial charge on any atom is 0.252 e. The van der Waals surface area contributed by atoms with Crippen LogP contribution in [0.25, 0.3) is 138 Å². The van der Waals surface area contributed by atoms with Crippen LogP contribution in [0.1, 0.15) is 66.1 Å². The Morgan fingerprint density at radius 1 is 0.307 bits per heavy atom. The van der Waals surface area contributed by atoms with Gasteiger partial charge in [-0.2, -0.15) is 0 Å². The Labute approximate surface area is 625 Å². The van der Waals surface area contributed by atoms with Crippen molar-refractivity contribution in [2.75, 3.05) is 9.80 Å². The highest BCUT2D eigenvalue weighted by atomic mass is 16.3. The van der Waals surface area contributed by atoms with E-state index in [1.165, 1.54) is 13.7 Å². The molecule has 6 heterocycles. The molecule has 0 atom stereocenters. The summed E-state index contributed by atoms with van der Waals surface area (Å²) in [4.78, 5) is 3.79. The number of aromatic nitrogens is 3. The largest absolute Gasteiger partial charge is 0.452 e. The van der Waals surface area contributed by atoms with E-state index in [0.29, 0.717) is 60.8 Å². The van der Waals surface area contributed by atoms with Gasteiger partial charge in [0.15, 0.2) is 11.2 Å². The Bertz CT molecular complexity index is 8170. The van der Waals surface area contributed by atoms with Crippen molar-refractivity contribution in [3.63, 3.8) is 0 Å². The molecule has 0 amide bonds. The summed E-state index contributed by atoms with van der Waals surface area (Å²) < 4.78 is 286. The highest BCUT2D eigenvalue weighted by Crippen LogP contribution is 2.54. The Kier molecular flexibility index (Phi) is 7.70. The number of rotatable bonds is 8. The first-order valence-corrected chi connectivity index (χ1v) is 32.7. The van der Waals surface area contributed by atoms with Crippen LogP contribution in [0.5, 0.6) is 0 Å². The van der Waals surface area contributed by atoms with Crippen LogP contribution < -0.4 is 26.2 Å². The van der Waals surface area contributed by atoms with E-state index < -0.39 is 187 Å². The smallest absolute Gasteiger partial charge is 0.252 e. The van der Waals surface area contributed by atoms with Gasteiger partial charge in [0, 0.05) is 82.7 Å². The van der Waals surface area contributed by atoms with Crippen molar-refractivity contribution in [3.8, 4) is 50.4 Å². The van der Waals surface area contributed by atoms with Crippen LogP contribution in [0.2, 0.25) is 0 Å². The third kappa shape index (κ3) is 8.47. The lowest BCUT2D eigenvalue weighted by atomic mass is 9.33. The summed E-state index contributed by atoms with van der Waals surface area (Å²) >= 11 is 0. The zero-order valence-corrected chi connectivity index (χ0v) is 53.7. The van der Waals surface area contributed by atoms with Crippen molar-refractivity contribution in [1.82, 2.24) is 13.7 Å². The molecule has 6 nitrogen and oxygen atoms in total. The van der Waals surface area contributed by atoms with Gasteiger partial charge in [-0.3, -0.25) is 0 Å². The summed E-state index contributed by atoms with van der Waals surface area (Å²) in [5.41, 5.74) is 4.07. The molecule has 15 aromatic carbocycles. The second-order valence-corrected chi connectivity index (χ2v) is 26.2. The Morgan fingerprint density at radius 3 is 1.23 bits per heavy atom. The third-order valence-electron chi connectivity index (χ3n) is 19.8. The summed E-state index contributed by atoms with van der Waals surface area (Å²) in [5, 5.41) is -0.835. The highest BCUT2D eigenvalue weighted by Gasteiger charge is 2.46. The molecule has 0 fully saturated rings. The predicted octanol–water partition coefficient (Wildman–Crippen LogP) is 23.3. The molecular weight excluding hydrogens is 1230 g/mol. The van der Waals surface area contributed by atoms with E-state index in [-0.39, 0.29) is 128 Å². The molecule has 4 aromatic heterocycles. The number of hydrogen-bond donors (Lipinski definition) is 0. The molecule has 2 aliphatic heterocycles. The number of fused-ring (bicyclic) bond motifs is 16. The lowest BCUT2D eigenvalue weighted by Gasteiger charge is -2.45. The molecule has 7 heteroatoms. The van der Waals surface area contributed by atoms with Crippen LogP contribution in [0.4, 0.5) is 34.1 Å². The molecule has 0 saturated heterocycles. The Morgan fingerprint density at radius 2 is 0.723 bits per heavy atom. The van der Waals surface area contributed by atoms with E-state index in [1.54, 1.807) is 89.8 Å². The number of nitrogens with zero attached hydrogens (tertiary/aromatic N) is 5. The van der Waals surface area contributed by atoms with Crippen molar-refractivity contribution in [3.05, 3.63) is 339 Å². The van der Waals surface area contributed by atoms with Gasteiger partial charge in [0.2, 0.25) is 0 Å². The highest BCUT2D eigenvalue weighted by molar-refractivity contribution is 7.00. The molecule has 0 unspecified atom stereocenters. The van der Waals surface area contributed by atoms with Crippen molar-refractivity contribution >= 4 is 145 Å². The predicted molar refractivity (Wildman–Crippen MR) is 426 cm³/mol. The molecule has 101 heavy (non-hydrogen) atoms. The second-order valence-electron chi connectivity index (χ2n) is 26.2. The monoisotopic (exact) mass is 1320 g/mol. The van der Waals surface area contributed by atoms with Crippen molar-refractivity contribution in [2.45, 2.75) is 26.2 Å². The lowest BCUT2D eigenvalue weighted by molar-refractivity contribution is 0.591. The average molecular weight is 1320 g/mol. The van der Waals surface area contributed by atoms with Crippen molar-refractivity contribution in [1.29, 1.82) is 0 Å². The van der Waals surface area contributed by atoms with Crippen molar-refractivity contribution < 1.29 is 44.2 Å². The fourth-order valence-corrected chi connectivity index (χ4v) is 15.4. The minimum atomic E-state index is -1.13. The topological polar surface area (TPSA) is 34.4 Å². The number of anilines is 6. The fourth-order valence-electron chi connectivity index (χ4n) is 15.4. The first-order chi connectivity index (χ1) is 61.8. The van der Waals surface area contributed by atoms with Gasteiger partial charge in [0.05, 0.1) is 95.6 Å². The molecule has 0 aliphatic carbocycles. The van der Waals surface area contributed by atoms with Crippen LogP contribution in [0.3, 0.4) is 0 Å². The first-order valence-electron chi connectivity index (χ1n) is 47.2. The Hall–Kier alpha value is -12.8. The molecule has 0 spiro atoms. The lowest BCUT2D eigenvalue weighted by Crippen LogP contribution is -2.61. The molecule has 19 aromatic rings. The summed E-state index contributed by atoms with van der Waals surface area (Å²) in [6.07, 6.45) is 0. The second kappa shape index (κ2) is 21.8. The first kappa shape index (κ1) is 35.6. The molecule has 0 bridgehead atoms. The van der Waals surface area contributed by atoms with Gasteiger partial charge in [-0.25, -0.2) is 0 Å².